The third-order valence-electron chi connectivity index (χ3n) is 4.47. The molecule has 0 saturated carbocycles. The van der Waals surface area contributed by atoms with Crippen molar-refractivity contribution in [1.29, 1.82) is 0 Å². The Hall–Kier alpha value is -0.975. The first-order chi connectivity index (χ1) is 10.2. The van der Waals surface area contributed by atoms with Gasteiger partial charge in [0, 0.05) is 33.5 Å². The summed E-state index contributed by atoms with van der Waals surface area (Å²) in [5, 5.41) is 21.5. The first kappa shape index (κ1) is 17.4. The lowest BCUT2D eigenvalue weighted by atomic mass is 9.79. The molecule has 2 aromatic rings. The molecule has 0 aliphatic rings. The standard InChI is InChI=1S/C16H27BN2O2S/c1-11(2)22(12(3)4,13(5)6)19-10-8-14-15(17(20)21)7-9-18-16(14)19/h7-13,20-21H,1-6H3. The predicted molar refractivity (Wildman–Crippen MR) is 98.0 cm³/mol. The SMILES string of the molecule is CC(C)S(C(C)C)(C(C)C)n1ccc2c(B(O)O)ccnc21. The van der Waals surface area contributed by atoms with Crippen molar-refractivity contribution in [1.82, 2.24) is 8.96 Å². The molecular formula is C16H27BN2O2S. The number of rotatable bonds is 5. The zero-order chi connectivity index (χ0) is 16.7. The van der Waals surface area contributed by atoms with E-state index < -0.39 is 17.3 Å². The Morgan fingerprint density at radius 3 is 2.00 bits per heavy atom. The van der Waals surface area contributed by atoms with Gasteiger partial charge in [-0.2, -0.15) is 10.2 Å². The van der Waals surface area contributed by atoms with Crippen molar-refractivity contribution in [3.8, 4) is 0 Å². The van der Waals surface area contributed by atoms with E-state index in [1.807, 2.05) is 6.07 Å². The van der Waals surface area contributed by atoms with E-state index in [9.17, 15) is 10.0 Å². The normalized spacial score (nSPS) is 13.6. The molecule has 0 saturated heterocycles. The average molecular weight is 322 g/mol. The number of nitrogens with zero attached hydrogens (tertiary/aromatic N) is 2. The molecule has 6 heteroatoms. The van der Waals surface area contributed by atoms with Crippen LogP contribution in [0.25, 0.3) is 11.0 Å². The second-order valence-corrected chi connectivity index (χ2v) is 11.2. The van der Waals surface area contributed by atoms with Crippen molar-refractivity contribution in [3.05, 3.63) is 24.5 Å². The van der Waals surface area contributed by atoms with Gasteiger partial charge in [-0.05, 0) is 17.6 Å². The molecule has 0 aliphatic heterocycles. The highest BCUT2D eigenvalue weighted by molar-refractivity contribution is 8.33. The van der Waals surface area contributed by atoms with Crippen LogP contribution in [-0.4, -0.2) is 41.9 Å². The maximum Gasteiger partial charge on any atom is 0.489 e. The minimum absolute atomic E-state index is 0.507. The molecule has 22 heavy (non-hydrogen) atoms. The molecule has 0 aliphatic carbocycles. The fourth-order valence-electron chi connectivity index (χ4n) is 3.83. The largest absolute Gasteiger partial charge is 0.489 e. The van der Waals surface area contributed by atoms with Crippen molar-refractivity contribution in [3.63, 3.8) is 0 Å². The Morgan fingerprint density at radius 2 is 1.55 bits per heavy atom. The Kier molecular flexibility index (Phi) is 4.95. The third kappa shape index (κ3) is 2.47. The van der Waals surface area contributed by atoms with Crippen LogP contribution in [0.15, 0.2) is 24.5 Å². The molecule has 0 bridgehead atoms. The molecule has 0 unspecified atom stereocenters. The Balaban J connectivity index is 2.79. The van der Waals surface area contributed by atoms with E-state index in [0.717, 1.165) is 11.0 Å². The molecule has 0 amide bonds. The Bertz CT molecular complexity index is 631. The lowest BCUT2D eigenvalue weighted by molar-refractivity contribution is 0.426. The van der Waals surface area contributed by atoms with Crippen molar-refractivity contribution >= 4 is 33.8 Å². The van der Waals surface area contributed by atoms with Crippen LogP contribution in [0.5, 0.6) is 0 Å². The fourth-order valence-corrected chi connectivity index (χ4v) is 9.18. The van der Waals surface area contributed by atoms with Crippen LogP contribution in [0.3, 0.4) is 0 Å². The van der Waals surface area contributed by atoms with E-state index in [1.165, 1.54) is 0 Å². The molecule has 0 fully saturated rings. The van der Waals surface area contributed by atoms with Crippen LogP contribution in [0, 0.1) is 0 Å². The summed E-state index contributed by atoms with van der Waals surface area (Å²) >= 11 is 0. The molecule has 2 aromatic heterocycles. The second-order valence-electron chi connectivity index (χ2n) is 6.52. The second kappa shape index (κ2) is 6.26. The highest BCUT2D eigenvalue weighted by Gasteiger charge is 2.37. The van der Waals surface area contributed by atoms with Gasteiger partial charge in [0.15, 0.2) is 0 Å². The summed E-state index contributed by atoms with van der Waals surface area (Å²) in [5.41, 5.74) is 1.38. The third-order valence-corrected chi connectivity index (χ3v) is 9.98. The first-order valence-corrected chi connectivity index (χ1v) is 9.65. The van der Waals surface area contributed by atoms with Gasteiger partial charge in [0.1, 0.15) is 5.65 Å². The highest BCUT2D eigenvalue weighted by Crippen LogP contribution is 2.62. The predicted octanol–water partition coefficient (Wildman–Crippen LogP) is 2.51. The van der Waals surface area contributed by atoms with E-state index in [0.29, 0.717) is 21.2 Å². The maximum atomic E-state index is 9.59. The zero-order valence-electron chi connectivity index (χ0n) is 14.3. The summed E-state index contributed by atoms with van der Waals surface area (Å²) in [4.78, 5) is 4.56. The molecular weight excluding hydrogens is 295 g/mol. The van der Waals surface area contributed by atoms with Crippen LogP contribution >= 0.6 is 10.2 Å². The van der Waals surface area contributed by atoms with Crippen LogP contribution in [0.1, 0.15) is 41.5 Å². The molecule has 4 nitrogen and oxygen atoms in total. The van der Waals surface area contributed by atoms with Crippen molar-refractivity contribution < 1.29 is 10.0 Å². The van der Waals surface area contributed by atoms with Gasteiger partial charge in [-0.15, -0.1) is 0 Å². The summed E-state index contributed by atoms with van der Waals surface area (Å²) in [6.45, 7) is 13.7. The van der Waals surface area contributed by atoms with Gasteiger partial charge in [-0.3, -0.25) is 3.97 Å². The number of aromatic nitrogens is 2. The van der Waals surface area contributed by atoms with Crippen molar-refractivity contribution in [2.24, 2.45) is 0 Å². The summed E-state index contributed by atoms with van der Waals surface area (Å²) < 4.78 is 2.33. The minimum Gasteiger partial charge on any atom is -0.423 e. The monoisotopic (exact) mass is 322 g/mol. The van der Waals surface area contributed by atoms with Crippen LogP contribution in [0.2, 0.25) is 0 Å². The van der Waals surface area contributed by atoms with E-state index in [1.54, 1.807) is 12.3 Å². The van der Waals surface area contributed by atoms with Crippen LogP contribution < -0.4 is 5.46 Å². The molecule has 2 heterocycles. The smallest absolute Gasteiger partial charge is 0.423 e. The molecule has 0 aromatic carbocycles. The van der Waals surface area contributed by atoms with E-state index in [2.05, 4.69) is 56.7 Å². The molecule has 122 valence electrons. The summed E-state index contributed by atoms with van der Waals surface area (Å²) in [5.74, 6) is 0. The topological polar surface area (TPSA) is 58.3 Å². The van der Waals surface area contributed by atoms with Crippen molar-refractivity contribution in [2.75, 3.05) is 0 Å². The summed E-state index contributed by atoms with van der Waals surface area (Å²) in [7, 11) is -2.63. The van der Waals surface area contributed by atoms with Gasteiger partial charge in [0.2, 0.25) is 0 Å². The molecule has 0 spiro atoms. The van der Waals surface area contributed by atoms with Gasteiger partial charge in [0.25, 0.3) is 0 Å². The van der Waals surface area contributed by atoms with Crippen LogP contribution in [0.4, 0.5) is 0 Å². The van der Waals surface area contributed by atoms with Gasteiger partial charge in [0.05, 0.1) is 0 Å². The number of pyridine rings is 1. The first-order valence-electron chi connectivity index (χ1n) is 7.87. The van der Waals surface area contributed by atoms with E-state index >= 15 is 0 Å². The summed E-state index contributed by atoms with van der Waals surface area (Å²) in [6, 6.07) is 3.64. The van der Waals surface area contributed by atoms with Gasteiger partial charge < -0.3 is 10.0 Å². The van der Waals surface area contributed by atoms with E-state index in [-0.39, 0.29) is 0 Å². The van der Waals surface area contributed by atoms with Gasteiger partial charge in [-0.1, -0.05) is 41.5 Å². The zero-order valence-corrected chi connectivity index (χ0v) is 15.1. The minimum atomic E-state index is -1.47. The van der Waals surface area contributed by atoms with Gasteiger partial charge in [-0.25, -0.2) is 4.98 Å². The Labute approximate surface area is 135 Å². The number of hydrogen-bond donors (Lipinski definition) is 2. The maximum absolute atomic E-state index is 9.59. The molecule has 0 radical (unpaired) electrons. The molecule has 0 atom stereocenters. The van der Waals surface area contributed by atoms with E-state index in [4.69, 9.17) is 0 Å². The number of fused-ring (bicyclic) bond motifs is 1. The molecule has 2 rings (SSSR count). The fraction of sp³-hybridized carbons (Fsp3) is 0.562. The van der Waals surface area contributed by atoms with Crippen LogP contribution in [-0.2, 0) is 0 Å². The quantitative estimate of drug-likeness (QED) is 0.832. The Morgan fingerprint density at radius 1 is 1.00 bits per heavy atom. The summed E-state index contributed by atoms with van der Waals surface area (Å²) in [6.07, 6.45) is 3.75. The highest BCUT2D eigenvalue weighted by atomic mass is 32.3. The molecule has 2 N–H and O–H groups in total. The lowest BCUT2D eigenvalue weighted by Crippen LogP contribution is -2.34. The lowest BCUT2D eigenvalue weighted by Gasteiger charge is -2.52. The van der Waals surface area contributed by atoms with Crippen molar-refractivity contribution in [2.45, 2.75) is 57.3 Å². The van der Waals surface area contributed by atoms with Gasteiger partial charge >= 0.3 is 7.12 Å². The average Bonchev–Trinajstić information content (AvgIpc) is 2.82. The number of hydrogen-bond acceptors (Lipinski definition) is 3.